The fourth-order valence-corrected chi connectivity index (χ4v) is 5.22. The van der Waals surface area contributed by atoms with Crippen LogP contribution in [0.4, 0.5) is 4.79 Å². The summed E-state index contributed by atoms with van der Waals surface area (Å²) in [5, 5.41) is 19.9. The highest BCUT2D eigenvalue weighted by molar-refractivity contribution is 5.86. The molecule has 5 rings (SSSR count). The van der Waals surface area contributed by atoms with Crippen LogP contribution in [0.5, 0.6) is 0 Å². The number of carbonyl (C=O) groups excluding carboxylic acids is 2. The summed E-state index contributed by atoms with van der Waals surface area (Å²) in [6, 6.07) is 15.2. The van der Waals surface area contributed by atoms with Gasteiger partial charge in [-0.2, -0.15) is 10.4 Å². The molecule has 12 heteroatoms. The van der Waals surface area contributed by atoms with Gasteiger partial charge in [0.25, 0.3) is 0 Å². The van der Waals surface area contributed by atoms with Crippen molar-refractivity contribution in [3.8, 4) is 17.2 Å². The highest BCUT2D eigenvalue weighted by Crippen LogP contribution is 2.25. The van der Waals surface area contributed by atoms with Gasteiger partial charge in [-0.05, 0) is 74.9 Å². The van der Waals surface area contributed by atoms with Crippen LogP contribution in [-0.4, -0.2) is 50.6 Å². The molecule has 0 radical (unpaired) electrons. The van der Waals surface area contributed by atoms with E-state index in [9.17, 15) is 19.6 Å². The second kappa shape index (κ2) is 13.4. The molecule has 4 aromatic rings. The minimum atomic E-state index is -1.03. The second-order valence-electron chi connectivity index (χ2n) is 12.2. The second-order valence-corrected chi connectivity index (χ2v) is 12.2. The summed E-state index contributed by atoms with van der Waals surface area (Å²) >= 11 is 0. The van der Waals surface area contributed by atoms with E-state index >= 15 is 0 Å². The molecule has 236 valence electrons. The van der Waals surface area contributed by atoms with Crippen molar-refractivity contribution < 1.29 is 23.5 Å². The Kier molecular flexibility index (Phi) is 9.39. The normalized spacial score (nSPS) is 16.5. The van der Waals surface area contributed by atoms with Crippen molar-refractivity contribution in [2.24, 2.45) is 7.05 Å². The van der Waals surface area contributed by atoms with Crippen LogP contribution >= 0.6 is 0 Å². The summed E-state index contributed by atoms with van der Waals surface area (Å²) in [5.41, 5.74) is 3.71. The Morgan fingerprint density at radius 1 is 1.09 bits per heavy atom. The maximum absolute atomic E-state index is 13.5. The van der Waals surface area contributed by atoms with Gasteiger partial charge in [-0.15, -0.1) is 0 Å². The molecular formula is C33H38N6O6. The molecule has 0 saturated carbocycles. The van der Waals surface area contributed by atoms with Crippen LogP contribution in [0.15, 0.2) is 63.9 Å². The fraction of sp³-hybridized carbons (Fsp3) is 0.424. The van der Waals surface area contributed by atoms with Gasteiger partial charge in [0.15, 0.2) is 5.58 Å². The predicted octanol–water partition coefficient (Wildman–Crippen LogP) is 4.38. The fourth-order valence-electron chi connectivity index (χ4n) is 5.22. The van der Waals surface area contributed by atoms with E-state index in [4.69, 9.17) is 13.9 Å². The van der Waals surface area contributed by atoms with E-state index in [-0.39, 0.29) is 19.1 Å². The molecule has 2 aromatic heterocycles. The van der Waals surface area contributed by atoms with Gasteiger partial charge in [0.2, 0.25) is 5.91 Å². The van der Waals surface area contributed by atoms with E-state index in [1.54, 1.807) is 44.6 Å². The highest BCUT2D eigenvalue weighted by atomic mass is 16.6. The van der Waals surface area contributed by atoms with E-state index in [1.165, 1.54) is 4.57 Å². The number of aryl methyl sites for hydroxylation is 1. The van der Waals surface area contributed by atoms with Crippen LogP contribution in [0.3, 0.4) is 0 Å². The Balaban J connectivity index is 1.26. The Morgan fingerprint density at radius 2 is 1.84 bits per heavy atom. The molecule has 2 aromatic carbocycles. The molecule has 1 saturated heterocycles. The van der Waals surface area contributed by atoms with Crippen molar-refractivity contribution in [3.05, 3.63) is 76.5 Å². The van der Waals surface area contributed by atoms with E-state index in [1.807, 2.05) is 42.6 Å². The zero-order chi connectivity index (χ0) is 32.1. The predicted molar refractivity (Wildman–Crippen MR) is 166 cm³/mol. The Hall–Kier alpha value is -4.89. The molecule has 3 heterocycles. The Morgan fingerprint density at radius 3 is 2.53 bits per heavy atom. The third-order valence-corrected chi connectivity index (χ3v) is 7.53. The van der Waals surface area contributed by atoms with E-state index in [0.29, 0.717) is 23.4 Å². The lowest BCUT2D eigenvalue weighted by atomic mass is 10.0. The average molecular weight is 615 g/mol. The zero-order valence-electron chi connectivity index (χ0n) is 25.9. The number of hydrogen-bond acceptors (Lipinski definition) is 8. The van der Waals surface area contributed by atoms with E-state index < -0.39 is 35.4 Å². The number of ether oxygens (including phenoxy) is 2. The monoisotopic (exact) mass is 614 g/mol. The first-order valence-electron chi connectivity index (χ1n) is 15.0. The molecule has 45 heavy (non-hydrogen) atoms. The third kappa shape index (κ3) is 7.99. The van der Waals surface area contributed by atoms with Gasteiger partial charge in [0, 0.05) is 32.7 Å². The Labute approximate surface area is 260 Å². The first-order chi connectivity index (χ1) is 21.5. The number of nitrogens with one attached hydrogen (secondary N) is 2. The maximum Gasteiger partial charge on any atom is 0.419 e. The lowest BCUT2D eigenvalue weighted by Gasteiger charge is -2.24. The number of hydrogen-bond donors (Lipinski definition) is 2. The maximum atomic E-state index is 13.5. The molecule has 1 aliphatic rings. The van der Waals surface area contributed by atoms with Crippen molar-refractivity contribution >= 4 is 23.1 Å². The number of rotatable bonds is 9. The number of alkyl carbamates (subject to hydrolysis) is 1. The molecule has 0 aliphatic carbocycles. The molecule has 1 aliphatic heterocycles. The first kappa shape index (κ1) is 31.5. The van der Waals surface area contributed by atoms with Crippen LogP contribution < -0.4 is 16.4 Å². The van der Waals surface area contributed by atoms with Crippen LogP contribution in [0.25, 0.3) is 22.2 Å². The molecule has 1 fully saturated rings. The highest BCUT2D eigenvalue weighted by Gasteiger charge is 2.28. The van der Waals surface area contributed by atoms with Gasteiger partial charge in [-0.3, -0.25) is 9.36 Å². The van der Waals surface area contributed by atoms with Crippen LogP contribution in [0.1, 0.15) is 57.5 Å². The Bertz CT molecular complexity index is 1750. The van der Waals surface area contributed by atoms with Gasteiger partial charge in [0.1, 0.15) is 23.9 Å². The molecule has 2 unspecified atom stereocenters. The SMILES string of the molecule is Cn1c(=O)oc2ccc(-c3ccc(C[C@@H](C#N)NC(=O)C(Cc4ccn(C5CCCCO5)n4)NC(=O)OC(C)(C)C)cc3)cc21. The number of amides is 2. The van der Waals surface area contributed by atoms with Gasteiger partial charge in [-0.1, -0.05) is 30.3 Å². The lowest BCUT2D eigenvalue weighted by Crippen LogP contribution is -2.51. The number of oxazole rings is 1. The topological polar surface area (TPSA) is 153 Å². The van der Waals surface area contributed by atoms with Crippen LogP contribution in [-0.2, 0) is 34.2 Å². The number of carbonyl (C=O) groups is 2. The van der Waals surface area contributed by atoms with Gasteiger partial charge >= 0.3 is 11.8 Å². The summed E-state index contributed by atoms with van der Waals surface area (Å²) in [6.07, 6.45) is 4.19. The number of fused-ring (bicyclic) bond motifs is 1. The molecular weight excluding hydrogens is 576 g/mol. The third-order valence-electron chi connectivity index (χ3n) is 7.53. The van der Waals surface area contributed by atoms with Crippen LogP contribution in [0, 0.1) is 11.3 Å². The van der Waals surface area contributed by atoms with Crippen molar-refractivity contribution in [1.82, 2.24) is 25.0 Å². The summed E-state index contributed by atoms with van der Waals surface area (Å²) < 4.78 is 19.6. The van der Waals surface area contributed by atoms with Gasteiger partial charge < -0.3 is 24.5 Å². The molecule has 3 atom stereocenters. The smallest absolute Gasteiger partial charge is 0.419 e. The minimum Gasteiger partial charge on any atom is -0.444 e. The minimum absolute atomic E-state index is 0.101. The van der Waals surface area contributed by atoms with Gasteiger partial charge in [-0.25, -0.2) is 14.3 Å². The lowest BCUT2D eigenvalue weighted by molar-refractivity contribution is -0.123. The molecule has 12 nitrogen and oxygen atoms in total. The van der Waals surface area contributed by atoms with E-state index in [2.05, 4.69) is 21.8 Å². The molecule has 0 spiro atoms. The van der Waals surface area contributed by atoms with Crippen molar-refractivity contribution in [2.75, 3.05) is 6.61 Å². The quantitative estimate of drug-likeness (QED) is 0.282. The molecule has 0 bridgehead atoms. The summed E-state index contributed by atoms with van der Waals surface area (Å²) in [5.74, 6) is -0.944. The van der Waals surface area contributed by atoms with Crippen molar-refractivity contribution in [1.29, 1.82) is 5.26 Å². The number of nitriles is 1. The van der Waals surface area contributed by atoms with Gasteiger partial charge in [0.05, 0.1) is 17.3 Å². The van der Waals surface area contributed by atoms with Crippen molar-refractivity contribution in [3.63, 3.8) is 0 Å². The molecule has 2 amide bonds. The summed E-state index contributed by atoms with van der Waals surface area (Å²) in [4.78, 5) is 38.0. The summed E-state index contributed by atoms with van der Waals surface area (Å²) in [6.45, 7) is 5.89. The average Bonchev–Trinajstić information content (AvgIpc) is 3.59. The standard InChI is InChI=1S/C33H38N6O6/c1-33(2,3)45-31(41)36-26(19-24-14-15-39(37-24)29-7-5-6-16-43-29)30(40)35-25(20-34)17-21-8-10-22(11-9-21)23-12-13-28-27(18-23)38(4)32(42)44-28/h8-15,18,25-26,29H,5-7,16-17,19H2,1-4H3,(H,35,40)(H,36,41)/t25-,26?,29?/m0/s1. The number of aromatic nitrogens is 3. The molecule has 2 N–H and O–H groups in total. The van der Waals surface area contributed by atoms with Crippen molar-refractivity contribution in [2.45, 2.75) is 76.8 Å². The number of benzene rings is 2. The summed E-state index contributed by atoms with van der Waals surface area (Å²) in [7, 11) is 1.66. The zero-order valence-corrected chi connectivity index (χ0v) is 25.9. The van der Waals surface area contributed by atoms with Crippen LogP contribution in [0.2, 0.25) is 0 Å². The first-order valence-corrected chi connectivity index (χ1v) is 15.0. The van der Waals surface area contributed by atoms with E-state index in [0.717, 1.165) is 36.0 Å². The number of nitrogens with zero attached hydrogens (tertiary/aromatic N) is 4. The largest absolute Gasteiger partial charge is 0.444 e.